The highest BCUT2D eigenvalue weighted by atomic mass is 15.2. The molecule has 10 aromatic carbocycles. The van der Waals surface area contributed by atoms with E-state index in [9.17, 15) is 0 Å². The highest BCUT2D eigenvalue weighted by molar-refractivity contribution is 5.91. The van der Waals surface area contributed by atoms with Crippen LogP contribution < -0.4 is 9.80 Å². The van der Waals surface area contributed by atoms with Gasteiger partial charge in [0.15, 0.2) is 17.5 Å². The summed E-state index contributed by atoms with van der Waals surface area (Å²) in [6.45, 7) is 0. The van der Waals surface area contributed by atoms with Crippen LogP contribution >= 0.6 is 0 Å². The van der Waals surface area contributed by atoms with Crippen LogP contribution in [0.1, 0.15) is 43.6 Å². The lowest BCUT2D eigenvalue weighted by molar-refractivity contribution is 0.443. The number of anilines is 6. The summed E-state index contributed by atoms with van der Waals surface area (Å²) in [4.78, 5) is 21.1. The van der Waals surface area contributed by atoms with Crippen molar-refractivity contribution in [2.45, 2.75) is 38.0 Å². The molecule has 74 heavy (non-hydrogen) atoms. The second-order valence-corrected chi connectivity index (χ2v) is 19.1. The molecule has 1 saturated carbocycles. The Morgan fingerprint density at radius 2 is 0.608 bits per heavy atom. The van der Waals surface area contributed by atoms with Crippen LogP contribution in [-0.2, 0) is 0 Å². The number of para-hydroxylation sites is 2. The van der Waals surface area contributed by atoms with E-state index >= 15 is 0 Å². The number of hydrogen-bond acceptors (Lipinski definition) is 5. The van der Waals surface area contributed by atoms with Crippen LogP contribution in [0.15, 0.2) is 267 Å². The Balaban J connectivity index is 1.05. The molecule has 0 aliphatic heterocycles. The summed E-state index contributed by atoms with van der Waals surface area (Å²) >= 11 is 0. The van der Waals surface area contributed by atoms with E-state index < -0.39 is 0 Å². The molecule has 5 heteroatoms. The standard InChI is InChI=1S/C69H55N5/c1-6-24-50(25-7-1)55-34-20-38-59(46-55)73(60-39-21-35-56(47-60)51-26-8-2-9-27-51)65-44-18-16-42-63(65)68-70-67(54-32-14-5-15-33-54)71-69(72-68)64-43-17-19-45-66(64)74(61-40-22-36-57(48-61)52-28-10-3-11-29-52)62-41-23-37-58(49-62)53-30-12-4-13-31-53/h1-3,5-11,14-29,32-49,53H,4,12-13,30-31H2. The molecule has 12 rings (SSSR count). The Labute approximate surface area is 434 Å². The fourth-order valence-corrected chi connectivity index (χ4v) is 10.6. The number of hydrogen-bond donors (Lipinski definition) is 0. The second kappa shape index (κ2) is 21.3. The molecule has 1 fully saturated rings. The van der Waals surface area contributed by atoms with Gasteiger partial charge in [-0.2, -0.15) is 0 Å². The SMILES string of the molecule is c1ccc(-c2cccc(N(c3cccc(-c4ccccc4)c3)c3ccccc3-c3nc(-c4ccccc4)nc(-c4ccccc4N(c4cccc(-c5ccccc5)c4)c4cccc(C5CCCCC5)c4)n3)c2)cc1. The molecule has 1 heterocycles. The minimum atomic E-state index is 0.539. The van der Waals surface area contributed by atoms with E-state index in [1.807, 2.05) is 18.2 Å². The molecular weight excluding hydrogens is 899 g/mol. The van der Waals surface area contributed by atoms with Gasteiger partial charge in [-0.15, -0.1) is 0 Å². The number of nitrogens with zero attached hydrogens (tertiary/aromatic N) is 5. The van der Waals surface area contributed by atoms with Crippen molar-refractivity contribution in [2.24, 2.45) is 0 Å². The lowest BCUT2D eigenvalue weighted by Crippen LogP contribution is -2.14. The second-order valence-electron chi connectivity index (χ2n) is 19.1. The Morgan fingerprint density at radius 1 is 0.270 bits per heavy atom. The maximum Gasteiger partial charge on any atom is 0.166 e. The summed E-state index contributed by atoms with van der Waals surface area (Å²) in [6.07, 6.45) is 6.29. The van der Waals surface area contributed by atoms with E-state index in [1.165, 1.54) is 43.2 Å². The molecular formula is C69H55N5. The fraction of sp³-hybridized carbons (Fsp3) is 0.0870. The molecule has 0 radical (unpaired) electrons. The van der Waals surface area contributed by atoms with Gasteiger partial charge in [-0.05, 0) is 131 Å². The zero-order valence-corrected chi connectivity index (χ0v) is 41.3. The first kappa shape index (κ1) is 45.9. The predicted octanol–water partition coefficient (Wildman–Crippen LogP) is 18.9. The molecule has 0 atom stereocenters. The van der Waals surface area contributed by atoms with Gasteiger partial charge in [-0.3, -0.25) is 0 Å². The minimum Gasteiger partial charge on any atom is -0.310 e. The zero-order valence-electron chi connectivity index (χ0n) is 41.3. The topological polar surface area (TPSA) is 45.2 Å². The van der Waals surface area contributed by atoms with E-state index in [-0.39, 0.29) is 0 Å². The van der Waals surface area contributed by atoms with Crippen molar-refractivity contribution in [3.8, 4) is 67.5 Å². The Morgan fingerprint density at radius 3 is 1.04 bits per heavy atom. The van der Waals surface area contributed by atoms with Gasteiger partial charge in [-0.25, -0.2) is 15.0 Å². The van der Waals surface area contributed by atoms with E-state index in [0.717, 1.165) is 78.6 Å². The average molecular weight is 954 g/mol. The van der Waals surface area contributed by atoms with Gasteiger partial charge in [0.25, 0.3) is 0 Å². The Hall–Kier alpha value is -9.19. The van der Waals surface area contributed by atoms with Crippen LogP contribution in [0, 0.1) is 0 Å². The van der Waals surface area contributed by atoms with Gasteiger partial charge in [0.2, 0.25) is 0 Å². The molecule has 11 aromatic rings. The van der Waals surface area contributed by atoms with Crippen LogP contribution in [0.3, 0.4) is 0 Å². The summed E-state index contributed by atoms with van der Waals surface area (Å²) in [6, 6.07) is 94.8. The minimum absolute atomic E-state index is 0.539. The molecule has 1 aliphatic carbocycles. The van der Waals surface area contributed by atoms with Crippen molar-refractivity contribution in [1.29, 1.82) is 0 Å². The van der Waals surface area contributed by atoms with Gasteiger partial charge in [-0.1, -0.05) is 213 Å². The van der Waals surface area contributed by atoms with E-state index in [0.29, 0.717) is 23.4 Å². The van der Waals surface area contributed by atoms with E-state index in [4.69, 9.17) is 15.0 Å². The smallest absolute Gasteiger partial charge is 0.166 e. The van der Waals surface area contributed by atoms with Crippen molar-refractivity contribution < 1.29 is 0 Å². The van der Waals surface area contributed by atoms with Crippen molar-refractivity contribution in [2.75, 3.05) is 9.80 Å². The highest BCUT2D eigenvalue weighted by Gasteiger charge is 2.25. The maximum atomic E-state index is 5.57. The Kier molecular flexibility index (Phi) is 13.2. The summed E-state index contributed by atoms with van der Waals surface area (Å²) in [5, 5.41) is 0. The molecule has 0 bridgehead atoms. The maximum absolute atomic E-state index is 5.57. The molecule has 0 amide bonds. The fourth-order valence-electron chi connectivity index (χ4n) is 10.6. The van der Waals surface area contributed by atoms with Crippen molar-refractivity contribution in [3.05, 3.63) is 272 Å². The van der Waals surface area contributed by atoms with Gasteiger partial charge in [0.05, 0.1) is 11.4 Å². The summed E-state index contributed by atoms with van der Waals surface area (Å²) in [5.41, 5.74) is 17.0. The lowest BCUT2D eigenvalue weighted by Gasteiger charge is -2.30. The monoisotopic (exact) mass is 953 g/mol. The average Bonchev–Trinajstić information content (AvgIpc) is 3.49. The highest BCUT2D eigenvalue weighted by Crippen LogP contribution is 2.46. The Bertz CT molecular complexity index is 3580. The number of rotatable bonds is 13. The molecule has 1 aliphatic rings. The first-order valence-electron chi connectivity index (χ1n) is 25.9. The molecule has 1 aromatic heterocycles. The van der Waals surface area contributed by atoms with Crippen LogP contribution in [-0.4, -0.2) is 15.0 Å². The predicted molar refractivity (Wildman–Crippen MR) is 308 cm³/mol. The lowest BCUT2D eigenvalue weighted by atomic mass is 9.84. The molecule has 0 N–H and O–H groups in total. The molecule has 356 valence electrons. The first-order valence-corrected chi connectivity index (χ1v) is 25.9. The molecule has 5 nitrogen and oxygen atoms in total. The third kappa shape index (κ3) is 9.76. The summed E-state index contributed by atoms with van der Waals surface area (Å²) in [5.74, 6) is 2.28. The summed E-state index contributed by atoms with van der Waals surface area (Å²) < 4.78 is 0. The quantitative estimate of drug-likeness (QED) is 0.115. The normalized spacial score (nSPS) is 12.5. The zero-order chi connectivity index (χ0) is 49.5. The number of aromatic nitrogens is 3. The van der Waals surface area contributed by atoms with E-state index in [2.05, 4.69) is 259 Å². The number of benzene rings is 10. The van der Waals surface area contributed by atoms with Crippen LogP contribution in [0.25, 0.3) is 67.5 Å². The van der Waals surface area contributed by atoms with Crippen LogP contribution in [0.4, 0.5) is 34.1 Å². The third-order valence-corrected chi connectivity index (χ3v) is 14.3. The van der Waals surface area contributed by atoms with Gasteiger partial charge in [0.1, 0.15) is 0 Å². The third-order valence-electron chi connectivity index (χ3n) is 14.3. The van der Waals surface area contributed by atoms with Crippen molar-refractivity contribution in [1.82, 2.24) is 15.0 Å². The first-order chi connectivity index (χ1) is 36.7. The molecule has 0 unspecified atom stereocenters. The van der Waals surface area contributed by atoms with Gasteiger partial charge < -0.3 is 9.80 Å². The van der Waals surface area contributed by atoms with Crippen molar-refractivity contribution >= 4 is 34.1 Å². The van der Waals surface area contributed by atoms with Gasteiger partial charge >= 0.3 is 0 Å². The summed E-state index contributed by atoms with van der Waals surface area (Å²) in [7, 11) is 0. The van der Waals surface area contributed by atoms with E-state index in [1.54, 1.807) is 0 Å². The largest absolute Gasteiger partial charge is 0.310 e. The van der Waals surface area contributed by atoms with Crippen LogP contribution in [0.2, 0.25) is 0 Å². The van der Waals surface area contributed by atoms with Gasteiger partial charge in [0, 0.05) is 39.4 Å². The van der Waals surface area contributed by atoms with Crippen LogP contribution in [0.5, 0.6) is 0 Å². The van der Waals surface area contributed by atoms with Crippen molar-refractivity contribution in [3.63, 3.8) is 0 Å². The molecule has 0 spiro atoms. The molecule has 0 saturated heterocycles.